The van der Waals surface area contributed by atoms with Crippen LogP contribution in [-0.4, -0.2) is 59.4 Å². The SMILES string of the molecule is C[C@@]12CCC[C@@](C)(N1)[C@@H](F)[C@@H](N(c1ncc(-c3ccc(-n4cc(F)c(C#N)n4)cc3O)nn1)C1CC1)C2. The molecule has 0 amide bonds. The van der Waals surface area contributed by atoms with Gasteiger partial charge in [0, 0.05) is 28.7 Å². The molecule has 0 unspecified atom stereocenters. The summed E-state index contributed by atoms with van der Waals surface area (Å²) in [7, 11) is 0. The minimum absolute atomic E-state index is 0.120. The fraction of sp³-hybridized carbons (Fsp3) is 0.500. The Hall–Kier alpha value is -3.65. The average Bonchev–Trinajstić information content (AvgIpc) is 3.63. The Morgan fingerprint density at radius 2 is 2.05 bits per heavy atom. The van der Waals surface area contributed by atoms with Crippen LogP contribution in [0.25, 0.3) is 16.9 Å². The van der Waals surface area contributed by atoms with Crippen LogP contribution in [0.5, 0.6) is 5.75 Å². The molecule has 2 N–H and O–H groups in total. The third-order valence-electron chi connectivity index (χ3n) is 7.99. The number of benzene rings is 1. The number of fused-ring (bicyclic) bond motifs is 2. The summed E-state index contributed by atoms with van der Waals surface area (Å²) >= 11 is 0. The lowest BCUT2D eigenvalue weighted by Crippen LogP contribution is -2.73. The van der Waals surface area contributed by atoms with Crippen LogP contribution >= 0.6 is 0 Å². The van der Waals surface area contributed by atoms with Crippen LogP contribution < -0.4 is 10.2 Å². The second-order valence-corrected chi connectivity index (χ2v) is 11.0. The molecule has 3 fully saturated rings. The normalized spacial score (nSPS) is 29.1. The highest BCUT2D eigenvalue weighted by atomic mass is 19.1. The van der Waals surface area contributed by atoms with Crippen molar-refractivity contribution < 1.29 is 13.9 Å². The number of nitrogens with zero attached hydrogens (tertiary/aromatic N) is 7. The first-order valence-electron chi connectivity index (χ1n) is 12.6. The second-order valence-electron chi connectivity index (χ2n) is 11.0. The van der Waals surface area contributed by atoms with Crippen molar-refractivity contribution in [2.75, 3.05) is 4.90 Å². The van der Waals surface area contributed by atoms with Gasteiger partial charge in [-0.1, -0.05) is 0 Å². The van der Waals surface area contributed by atoms with Gasteiger partial charge in [-0.25, -0.2) is 18.4 Å². The Bertz CT molecular complexity index is 1380. The summed E-state index contributed by atoms with van der Waals surface area (Å²) in [4.78, 5) is 6.60. The molecule has 2 aliphatic heterocycles. The highest BCUT2D eigenvalue weighted by Crippen LogP contribution is 2.46. The minimum atomic E-state index is -1.06. The van der Waals surface area contributed by atoms with Crippen LogP contribution in [-0.2, 0) is 0 Å². The zero-order valence-corrected chi connectivity index (χ0v) is 20.7. The predicted octanol–water partition coefficient (Wildman–Crippen LogP) is 3.81. The third kappa shape index (κ3) is 4.09. The van der Waals surface area contributed by atoms with Crippen molar-refractivity contribution in [3.05, 3.63) is 42.1 Å². The molecule has 0 radical (unpaired) electrons. The lowest BCUT2D eigenvalue weighted by Gasteiger charge is -2.57. The molecule has 37 heavy (non-hydrogen) atoms. The number of halogens is 2. The monoisotopic (exact) mass is 506 g/mol. The Morgan fingerprint density at radius 1 is 1.24 bits per heavy atom. The van der Waals surface area contributed by atoms with Gasteiger partial charge < -0.3 is 15.3 Å². The molecular formula is C26H28F2N8O. The molecule has 3 aliphatic rings. The van der Waals surface area contributed by atoms with Crippen molar-refractivity contribution >= 4 is 5.95 Å². The summed E-state index contributed by atoms with van der Waals surface area (Å²) in [6, 6.07) is 6.17. The Labute approximate surface area is 213 Å². The van der Waals surface area contributed by atoms with Crippen LogP contribution in [0.4, 0.5) is 14.7 Å². The van der Waals surface area contributed by atoms with Gasteiger partial charge in [0.2, 0.25) is 5.95 Å². The fourth-order valence-electron chi connectivity index (χ4n) is 6.14. The van der Waals surface area contributed by atoms with E-state index in [0.29, 0.717) is 29.3 Å². The number of piperidine rings is 2. The van der Waals surface area contributed by atoms with Crippen molar-refractivity contribution in [2.24, 2.45) is 0 Å². The third-order valence-corrected chi connectivity index (χ3v) is 7.99. The molecule has 2 bridgehead atoms. The number of aromatic hydroxyl groups is 1. The molecule has 2 aromatic heterocycles. The van der Waals surface area contributed by atoms with Crippen molar-refractivity contribution in [1.29, 1.82) is 5.26 Å². The van der Waals surface area contributed by atoms with Crippen molar-refractivity contribution in [3.8, 4) is 28.8 Å². The lowest BCUT2D eigenvalue weighted by atomic mass is 9.68. The number of phenolic OH excluding ortho intramolecular Hbond substituents is 1. The number of anilines is 1. The van der Waals surface area contributed by atoms with E-state index in [2.05, 4.69) is 32.5 Å². The fourth-order valence-corrected chi connectivity index (χ4v) is 6.14. The molecule has 1 aliphatic carbocycles. The van der Waals surface area contributed by atoms with E-state index in [1.807, 2.05) is 11.8 Å². The zero-order valence-electron chi connectivity index (χ0n) is 20.7. The van der Waals surface area contributed by atoms with E-state index in [9.17, 15) is 9.50 Å². The highest BCUT2D eigenvalue weighted by molar-refractivity contribution is 5.68. The van der Waals surface area contributed by atoms with Crippen LogP contribution in [0.3, 0.4) is 0 Å². The Balaban J connectivity index is 1.28. The summed E-state index contributed by atoms with van der Waals surface area (Å²) in [5, 5.41) is 35.7. The average molecular weight is 507 g/mol. The number of aromatic nitrogens is 5. The van der Waals surface area contributed by atoms with Crippen LogP contribution in [0.2, 0.25) is 0 Å². The Kier molecular flexibility index (Phi) is 5.42. The summed E-state index contributed by atoms with van der Waals surface area (Å²) in [6.07, 6.45) is 6.99. The number of hydrogen-bond donors (Lipinski definition) is 2. The summed E-state index contributed by atoms with van der Waals surface area (Å²) in [5.74, 6) is -0.461. The minimum Gasteiger partial charge on any atom is -0.507 e. The first-order valence-corrected chi connectivity index (χ1v) is 12.6. The van der Waals surface area contributed by atoms with E-state index in [1.165, 1.54) is 16.9 Å². The van der Waals surface area contributed by atoms with Crippen molar-refractivity contribution in [2.45, 2.75) is 81.7 Å². The maximum absolute atomic E-state index is 16.0. The molecule has 192 valence electrons. The van der Waals surface area contributed by atoms with Gasteiger partial charge in [0.25, 0.3) is 0 Å². The van der Waals surface area contributed by atoms with Crippen LogP contribution in [0.15, 0.2) is 30.6 Å². The molecule has 11 heteroatoms. The van der Waals surface area contributed by atoms with Gasteiger partial charge in [-0.05, 0) is 64.5 Å². The summed E-state index contributed by atoms with van der Waals surface area (Å²) < 4.78 is 30.9. The van der Waals surface area contributed by atoms with E-state index in [4.69, 9.17) is 5.26 Å². The van der Waals surface area contributed by atoms with Gasteiger partial charge in [-0.3, -0.25) is 0 Å². The van der Waals surface area contributed by atoms with Crippen LogP contribution in [0.1, 0.15) is 58.1 Å². The Morgan fingerprint density at radius 3 is 2.70 bits per heavy atom. The van der Waals surface area contributed by atoms with Gasteiger partial charge >= 0.3 is 0 Å². The summed E-state index contributed by atoms with van der Waals surface area (Å²) in [5.41, 5.74) is 0.0961. The summed E-state index contributed by atoms with van der Waals surface area (Å²) in [6.45, 7) is 4.17. The van der Waals surface area contributed by atoms with Crippen LogP contribution in [0, 0.1) is 17.1 Å². The largest absolute Gasteiger partial charge is 0.507 e. The molecule has 6 rings (SSSR count). The zero-order chi connectivity index (χ0) is 25.9. The van der Waals surface area contributed by atoms with Gasteiger partial charge in [0.1, 0.15) is 23.7 Å². The van der Waals surface area contributed by atoms with E-state index >= 15 is 4.39 Å². The molecule has 1 saturated carbocycles. The van der Waals surface area contributed by atoms with Gasteiger partial charge in [0.15, 0.2) is 11.5 Å². The van der Waals surface area contributed by atoms with E-state index in [-0.39, 0.29) is 29.1 Å². The first-order chi connectivity index (χ1) is 17.7. The maximum Gasteiger partial charge on any atom is 0.245 e. The van der Waals surface area contributed by atoms with Crippen molar-refractivity contribution in [1.82, 2.24) is 30.3 Å². The van der Waals surface area contributed by atoms with E-state index in [1.54, 1.807) is 18.2 Å². The van der Waals surface area contributed by atoms with Gasteiger partial charge in [-0.2, -0.15) is 10.4 Å². The number of phenols is 1. The number of rotatable bonds is 5. The highest BCUT2D eigenvalue weighted by Gasteiger charge is 2.56. The number of nitrogens with one attached hydrogen (secondary N) is 1. The predicted molar refractivity (Wildman–Crippen MR) is 131 cm³/mol. The van der Waals surface area contributed by atoms with Gasteiger partial charge in [-0.15, -0.1) is 10.2 Å². The molecular weight excluding hydrogens is 478 g/mol. The van der Waals surface area contributed by atoms with E-state index < -0.39 is 17.5 Å². The maximum atomic E-state index is 16.0. The molecule has 4 atom stereocenters. The lowest BCUT2D eigenvalue weighted by molar-refractivity contribution is 0.0000874. The molecule has 4 heterocycles. The number of hydrogen-bond acceptors (Lipinski definition) is 8. The topological polar surface area (TPSA) is 116 Å². The molecule has 0 spiro atoms. The number of nitriles is 1. The smallest absolute Gasteiger partial charge is 0.245 e. The second kappa shape index (κ2) is 8.45. The van der Waals surface area contributed by atoms with Crippen molar-refractivity contribution in [3.63, 3.8) is 0 Å². The quantitative estimate of drug-likeness (QED) is 0.537. The van der Waals surface area contributed by atoms with Gasteiger partial charge in [0.05, 0.1) is 24.1 Å². The molecule has 1 aromatic carbocycles. The number of alkyl halides is 1. The molecule has 3 aromatic rings. The first kappa shape index (κ1) is 23.7. The molecule has 2 saturated heterocycles. The van der Waals surface area contributed by atoms with E-state index in [0.717, 1.165) is 38.3 Å². The molecule has 9 nitrogen and oxygen atoms in total. The standard InChI is InChI=1S/C26H28F2N8O/c1-25-8-3-9-26(2,34-25)23(28)21(11-25)36(15-4-5-15)24-30-13-20(31-32-24)17-7-6-16(10-22(17)37)35-14-18(27)19(12-29)33-35/h6-7,10,13-15,21,23,34,37H,3-5,8-9,11H2,1-2H3/t21-,23-,25-,26+/m0/s1.